The molecule has 0 aromatic heterocycles. The molecule has 0 N–H and O–H groups in total. The van der Waals surface area contributed by atoms with Crippen molar-refractivity contribution in [3.05, 3.63) is 0 Å². The van der Waals surface area contributed by atoms with Crippen molar-refractivity contribution in [1.82, 2.24) is 4.90 Å². The Hall–Kier alpha value is -0.750. The first-order valence-corrected chi connectivity index (χ1v) is 7.19. The maximum absolute atomic E-state index is 12.6. The van der Waals surface area contributed by atoms with Crippen LogP contribution in [0.3, 0.4) is 0 Å². The highest BCUT2D eigenvalue weighted by Gasteiger charge is 2.78. The number of amides is 1. The number of thioether (sulfide) groups is 1. The quantitative estimate of drug-likeness (QED) is 0.509. The van der Waals surface area contributed by atoms with Crippen molar-refractivity contribution in [3.8, 4) is 0 Å². The number of piperidine rings is 2. The molecule has 1 spiro atoms. The molecule has 6 heteroatoms. The van der Waals surface area contributed by atoms with Gasteiger partial charge in [0.05, 0.1) is 19.8 Å². The van der Waals surface area contributed by atoms with E-state index in [0.717, 1.165) is 19.4 Å². The lowest BCUT2D eigenvalue weighted by atomic mass is 9.79. The third-order valence-corrected chi connectivity index (χ3v) is 6.79. The van der Waals surface area contributed by atoms with Crippen molar-refractivity contribution in [1.29, 1.82) is 0 Å². The zero-order valence-electron chi connectivity index (χ0n) is 10.2. The van der Waals surface area contributed by atoms with E-state index in [2.05, 4.69) is 0 Å². The number of carbonyl (C=O) groups excluding carboxylic acids is 2. The number of esters is 1. The largest absolute Gasteiger partial charge is 0.468 e. The molecule has 5 nitrogen and oxygen atoms in total. The molecule has 4 aliphatic heterocycles. The molecule has 4 rings (SSSR count). The van der Waals surface area contributed by atoms with Gasteiger partial charge >= 0.3 is 5.97 Å². The standard InChI is InChI=1S/C12H15NO4S/c1-16-10(15)11-5-7-6-17-8-3-2-4-13(9(11)14)12(7,8)18-11/h7-8H,2-6H2,1H3/t7-,8+,11-,12-/m1/s1. The van der Waals surface area contributed by atoms with Crippen LogP contribution in [0.15, 0.2) is 0 Å². The Morgan fingerprint density at radius 3 is 3.22 bits per heavy atom. The minimum atomic E-state index is -0.980. The molecule has 4 aliphatic rings. The van der Waals surface area contributed by atoms with Crippen LogP contribution in [0, 0.1) is 5.92 Å². The van der Waals surface area contributed by atoms with Crippen LogP contribution in [-0.2, 0) is 19.1 Å². The van der Waals surface area contributed by atoms with Crippen molar-refractivity contribution in [2.75, 3.05) is 20.3 Å². The normalized spacial score (nSPS) is 48.5. The Morgan fingerprint density at radius 2 is 2.44 bits per heavy atom. The zero-order chi connectivity index (χ0) is 12.5. The van der Waals surface area contributed by atoms with Crippen LogP contribution in [0.2, 0.25) is 0 Å². The lowest BCUT2D eigenvalue weighted by Gasteiger charge is -2.44. The Balaban J connectivity index is 1.84. The van der Waals surface area contributed by atoms with Gasteiger partial charge in [-0.3, -0.25) is 4.79 Å². The number of rotatable bonds is 1. The predicted octanol–water partition coefficient (Wildman–Crippen LogP) is 0.382. The molecule has 18 heavy (non-hydrogen) atoms. The van der Waals surface area contributed by atoms with Crippen molar-refractivity contribution in [3.63, 3.8) is 0 Å². The van der Waals surface area contributed by atoms with Crippen LogP contribution in [0.4, 0.5) is 0 Å². The molecule has 4 heterocycles. The van der Waals surface area contributed by atoms with Crippen molar-refractivity contribution in [2.24, 2.45) is 5.92 Å². The van der Waals surface area contributed by atoms with E-state index in [-0.39, 0.29) is 28.8 Å². The Bertz CT molecular complexity index is 453. The highest BCUT2D eigenvalue weighted by atomic mass is 32.2. The van der Waals surface area contributed by atoms with Gasteiger partial charge in [0.1, 0.15) is 4.87 Å². The first-order chi connectivity index (χ1) is 8.65. The monoisotopic (exact) mass is 269 g/mol. The van der Waals surface area contributed by atoms with Gasteiger partial charge in [-0.25, -0.2) is 4.79 Å². The number of methoxy groups -OCH3 is 1. The van der Waals surface area contributed by atoms with E-state index in [4.69, 9.17) is 9.47 Å². The summed E-state index contributed by atoms with van der Waals surface area (Å²) in [5, 5.41) is 0. The van der Waals surface area contributed by atoms with Gasteiger partial charge in [-0.1, -0.05) is 0 Å². The van der Waals surface area contributed by atoms with Crippen molar-refractivity contribution < 1.29 is 19.1 Å². The third kappa shape index (κ3) is 0.945. The molecular formula is C12H15NO4S. The maximum atomic E-state index is 12.6. The lowest BCUT2D eigenvalue weighted by molar-refractivity contribution is -0.155. The minimum Gasteiger partial charge on any atom is -0.468 e. The highest BCUT2D eigenvalue weighted by molar-refractivity contribution is 8.04. The van der Waals surface area contributed by atoms with Crippen LogP contribution >= 0.6 is 11.8 Å². The van der Waals surface area contributed by atoms with Gasteiger partial charge in [-0.2, -0.15) is 0 Å². The second kappa shape index (κ2) is 3.22. The maximum Gasteiger partial charge on any atom is 0.331 e. The summed E-state index contributed by atoms with van der Waals surface area (Å²) in [6.45, 7) is 1.42. The molecule has 0 unspecified atom stereocenters. The fraction of sp³-hybridized carbons (Fsp3) is 0.833. The summed E-state index contributed by atoms with van der Waals surface area (Å²) in [6, 6.07) is 0. The third-order valence-electron chi connectivity index (χ3n) is 4.79. The predicted molar refractivity (Wildman–Crippen MR) is 63.9 cm³/mol. The zero-order valence-corrected chi connectivity index (χ0v) is 11.0. The van der Waals surface area contributed by atoms with Crippen molar-refractivity contribution >= 4 is 23.6 Å². The molecule has 0 aromatic carbocycles. The lowest BCUT2D eigenvalue weighted by Crippen LogP contribution is -2.61. The SMILES string of the molecule is COC(=O)[C@@]12C[C@@H]3CO[C@H]4CCCN(C1=O)[C@@]34S2. The van der Waals surface area contributed by atoms with E-state index in [0.29, 0.717) is 13.0 Å². The number of ether oxygens (including phenoxy) is 2. The smallest absolute Gasteiger partial charge is 0.331 e. The molecule has 4 saturated heterocycles. The summed E-state index contributed by atoms with van der Waals surface area (Å²) in [6.07, 6.45) is 2.63. The second-order valence-electron chi connectivity index (χ2n) is 5.49. The van der Waals surface area contributed by atoms with E-state index < -0.39 is 4.75 Å². The van der Waals surface area contributed by atoms with Crippen LogP contribution in [-0.4, -0.2) is 52.8 Å². The highest BCUT2D eigenvalue weighted by Crippen LogP contribution is 2.68. The summed E-state index contributed by atoms with van der Waals surface area (Å²) >= 11 is 1.51. The fourth-order valence-corrected chi connectivity index (χ4v) is 6.22. The van der Waals surface area contributed by atoms with Gasteiger partial charge in [-0.05, 0) is 19.3 Å². The molecule has 2 bridgehead atoms. The Morgan fingerprint density at radius 1 is 1.61 bits per heavy atom. The van der Waals surface area contributed by atoms with Gasteiger partial charge in [0.25, 0.3) is 5.91 Å². The number of carbonyl (C=O) groups is 2. The molecular weight excluding hydrogens is 254 g/mol. The molecule has 1 amide bonds. The van der Waals surface area contributed by atoms with E-state index >= 15 is 0 Å². The molecule has 4 atom stereocenters. The van der Waals surface area contributed by atoms with E-state index in [1.54, 1.807) is 0 Å². The summed E-state index contributed by atoms with van der Waals surface area (Å²) in [4.78, 5) is 26.3. The Kier molecular flexibility index (Phi) is 1.99. The van der Waals surface area contributed by atoms with Crippen LogP contribution in [0.25, 0.3) is 0 Å². The molecule has 4 fully saturated rings. The van der Waals surface area contributed by atoms with Gasteiger partial charge in [0.2, 0.25) is 0 Å². The van der Waals surface area contributed by atoms with Gasteiger partial charge in [0, 0.05) is 12.5 Å². The number of fused-ring (bicyclic) bond motifs is 1. The molecule has 0 aromatic rings. The Labute approximate surface area is 109 Å². The average molecular weight is 269 g/mol. The average Bonchev–Trinajstić information content (AvgIpc) is 2.96. The number of hydrogen-bond acceptors (Lipinski definition) is 5. The molecule has 0 saturated carbocycles. The van der Waals surface area contributed by atoms with Crippen molar-refractivity contribution in [2.45, 2.75) is 35.0 Å². The first kappa shape index (κ1) is 11.1. The van der Waals surface area contributed by atoms with Gasteiger partial charge in [-0.15, -0.1) is 11.8 Å². The topological polar surface area (TPSA) is 55.8 Å². The number of nitrogens with zero attached hydrogens (tertiary/aromatic N) is 1. The van der Waals surface area contributed by atoms with E-state index in [1.165, 1.54) is 18.9 Å². The van der Waals surface area contributed by atoms with Crippen LogP contribution in [0.5, 0.6) is 0 Å². The second-order valence-corrected chi connectivity index (χ2v) is 7.05. The van der Waals surface area contributed by atoms with Crippen LogP contribution < -0.4 is 0 Å². The minimum absolute atomic E-state index is 0.0502. The van der Waals surface area contributed by atoms with Gasteiger partial charge < -0.3 is 14.4 Å². The fourth-order valence-electron chi connectivity index (χ4n) is 4.09. The number of hydrogen-bond donors (Lipinski definition) is 0. The summed E-state index contributed by atoms with van der Waals surface area (Å²) in [5.74, 6) is -0.148. The summed E-state index contributed by atoms with van der Waals surface area (Å²) < 4.78 is 9.76. The van der Waals surface area contributed by atoms with E-state index in [9.17, 15) is 9.59 Å². The summed E-state index contributed by atoms with van der Waals surface area (Å²) in [7, 11) is 1.36. The first-order valence-electron chi connectivity index (χ1n) is 6.37. The molecule has 98 valence electrons. The van der Waals surface area contributed by atoms with Gasteiger partial charge in [0.15, 0.2) is 4.75 Å². The molecule has 0 radical (unpaired) electrons. The van der Waals surface area contributed by atoms with E-state index in [1.807, 2.05) is 4.90 Å². The summed E-state index contributed by atoms with van der Waals surface area (Å²) in [5.41, 5.74) is 0. The molecule has 0 aliphatic carbocycles. The van der Waals surface area contributed by atoms with Crippen LogP contribution in [0.1, 0.15) is 19.3 Å².